The van der Waals surface area contributed by atoms with E-state index in [-0.39, 0.29) is 19.5 Å². The van der Waals surface area contributed by atoms with E-state index in [9.17, 15) is 27.6 Å². The molecule has 2 amide bonds. The van der Waals surface area contributed by atoms with Gasteiger partial charge in [-0.25, -0.2) is 4.79 Å². The molecular weight excluding hydrogens is 297 g/mol. The number of carbonyl (C=O) groups is 3. The number of amides is 2. The zero-order chi connectivity index (χ0) is 16.2. The number of carboxylic acids is 1. The van der Waals surface area contributed by atoms with E-state index >= 15 is 0 Å². The van der Waals surface area contributed by atoms with Crippen molar-refractivity contribution in [1.29, 1.82) is 0 Å². The number of alkyl halides is 3. The normalized spacial score (nSPS) is 20.5. The third kappa shape index (κ3) is 5.21. The van der Waals surface area contributed by atoms with Gasteiger partial charge in [-0.3, -0.25) is 9.59 Å². The molecule has 0 bridgehead atoms. The van der Waals surface area contributed by atoms with Crippen LogP contribution in [0.1, 0.15) is 6.42 Å². The number of hydrogen-bond donors (Lipinski definition) is 2. The van der Waals surface area contributed by atoms with Crippen LogP contribution in [-0.2, 0) is 19.1 Å². The molecule has 2 unspecified atom stereocenters. The van der Waals surface area contributed by atoms with Crippen LogP contribution in [0, 0.1) is 5.92 Å². The summed E-state index contributed by atoms with van der Waals surface area (Å²) in [7, 11) is 1.15. The van der Waals surface area contributed by atoms with E-state index in [2.05, 4.69) is 10.1 Å². The first kappa shape index (κ1) is 17.2. The maximum Gasteiger partial charge on any atom is 0.406 e. The molecule has 0 aromatic carbocycles. The van der Waals surface area contributed by atoms with E-state index in [1.165, 1.54) is 0 Å². The number of halogens is 3. The van der Waals surface area contributed by atoms with Crippen molar-refractivity contribution < 1.29 is 37.4 Å². The van der Waals surface area contributed by atoms with Crippen LogP contribution in [0.3, 0.4) is 0 Å². The van der Waals surface area contributed by atoms with E-state index in [0.717, 1.165) is 7.11 Å². The second kappa shape index (κ2) is 6.74. The molecule has 7 nitrogen and oxygen atoms in total. The fraction of sp³-hybridized carbons (Fsp3) is 0.727. The average Bonchev–Trinajstić information content (AvgIpc) is 2.69. The average molecular weight is 312 g/mol. The van der Waals surface area contributed by atoms with Crippen molar-refractivity contribution in [1.82, 2.24) is 10.2 Å². The summed E-state index contributed by atoms with van der Waals surface area (Å²) in [6.07, 6.45) is -6.10. The highest BCUT2D eigenvalue weighted by molar-refractivity contribution is 5.89. The molecule has 10 heteroatoms. The lowest BCUT2D eigenvalue weighted by Gasteiger charge is -2.18. The van der Waals surface area contributed by atoms with Crippen molar-refractivity contribution in [3.63, 3.8) is 0 Å². The molecule has 1 fully saturated rings. The lowest BCUT2D eigenvalue weighted by atomic mass is 10.1. The number of nitrogens with zero attached hydrogens (tertiary/aromatic N) is 1. The molecule has 2 N–H and O–H groups in total. The fourth-order valence-electron chi connectivity index (χ4n) is 1.93. The van der Waals surface area contributed by atoms with Crippen molar-refractivity contribution in [3.05, 3.63) is 0 Å². The number of nitrogens with one attached hydrogen (secondary N) is 1. The van der Waals surface area contributed by atoms with Crippen LogP contribution in [0.2, 0.25) is 0 Å². The third-order valence-corrected chi connectivity index (χ3v) is 2.98. The van der Waals surface area contributed by atoms with Crippen LogP contribution in [0.25, 0.3) is 0 Å². The summed E-state index contributed by atoms with van der Waals surface area (Å²) in [4.78, 5) is 34.3. The van der Waals surface area contributed by atoms with Gasteiger partial charge in [-0.15, -0.1) is 0 Å². The van der Waals surface area contributed by atoms with Crippen LogP contribution < -0.4 is 5.32 Å². The van der Waals surface area contributed by atoms with E-state index in [4.69, 9.17) is 5.11 Å². The number of carbonyl (C=O) groups excluding carboxylic acids is 2. The Labute approximate surface area is 118 Å². The smallest absolute Gasteiger partial charge is 0.406 e. The van der Waals surface area contributed by atoms with Crippen LogP contribution in [0.15, 0.2) is 0 Å². The standard InChI is InChI=1S/C11H15F3N2O5/c1-21-7(10(19)20)3-15-9(18)6-2-8(17)16(4-6)5-11(12,13)14/h6-7H,2-5H2,1H3,(H,15,18)(H,19,20). The molecule has 1 heterocycles. The van der Waals surface area contributed by atoms with Gasteiger partial charge in [0, 0.05) is 20.1 Å². The Morgan fingerprint density at radius 3 is 2.62 bits per heavy atom. The molecule has 120 valence electrons. The Morgan fingerprint density at radius 1 is 1.52 bits per heavy atom. The largest absolute Gasteiger partial charge is 0.479 e. The first-order valence-corrected chi connectivity index (χ1v) is 6.02. The number of rotatable bonds is 6. The van der Waals surface area contributed by atoms with Gasteiger partial charge in [0.15, 0.2) is 6.10 Å². The summed E-state index contributed by atoms with van der Waals surface area (Å²) >= 11 is 0. The van der Waals surface area contributed by atoms with Gasteiger partial charge in [-0.05, 0) is 0 Å². The van der Waals surface area contributed by atoms with Gasteiger partial charge in [-0.1, -0.05) is 0 Å². The number of aliphatic carboxylic acids is 1. The Balaban J connectivity index is 2.50. The van der Waals surface area contributed by atoms with Gasteiger partial charge < -0.3 is 20.1 Å². The molecule has 1 rings (SSSR count). The molecule has 0 saturated carbocycles. The first-order valence-electron chi connectivity index (χ1n) is 6.02. The van der Waals surface area contributed by atoms with Crippen molar-refractivity contribution in [2.75, 3.05) is 26.7 Å². The second-order valence-electron chi connectivity index (χ2n) is 4.60. The first-order chi connectivity index (χ1) is 9.64. The highest BCUT2D eigenvalue weighted by Crippen LogP contribution is 2.23. The van der Waals surface area contributed by atoms with Crippen LogP contribution in [0.5, 0.6) is 0 Å². The summed E-state index contributed by atoms with van der Waals surface area (Å²) in [5, 5.41) is 11.0. The zero-order valence-electron chi connectivity index (χ0n) is 11.1. The highest BCUT2D eigenvalue weighted by atomic mass is 19.4. The zero-order valence-corrected chi connectivity index (χ0v) is 11.1. The molecule has 0 aromatic rings. The molecule has 21 heavy (non-hydrogen) atoms. The minimum absolute atomic E-state index is 0.325. The van der Waals surface area contributed by atoms with E-state index in [1.54, 1.807) is 0 Å². The fourth-order valence-corrected chi connectivity index (χ4v) is 1.93. The summed E-state index contributed by atoms with van der Waals surface area (Å²) in [6, 6.07) is 0. The van der Waals surface area contributed by atoms with E-state index < -0.39 is 42.5 Å². The summed E-state index contributed by atoms with van der Waals surface area (Å²) in [6.45, 7) is -2.06. The Kier molecular flexibility index (Phi) is 5.53. The number of hydrogen-bond acceptors (Lipinski definition) is 4. The van der Waals surface area contributed by atoms with Crippen LogP contribution >= 0.6 is 0 Å². The van der Waals surface area contributed by atoms with E-state index in [0.29, 0.717) is 4.90 Å². The van der Waals surface area contributed by atoms with Gasteiger partial charge in [0.25, 0.3) is 0 Å². The molecule has 1 aliphatic rings. The molecule has 2 atom stereocenters. The third-order valence-electron chi connectivity index (χ3n) is 2.98. The lowest BCUT2D eigenvalue weighted by Crippen LogP contribution is -2.41. The quantitative estimate of drug-likeness (QED) is 0.696. The minimum Gasteiger partial charge on any atom is -0.479 e. The van der Waals surface area contributed by atoms with Gasteiger partial charge in [0.1, 0.15) is 6.54 Å². The summed E-state index contributed by atoms with van der Waals surface area (Å²) in [5.41, 5.74) is 0. The monoisotopic (exact) mass is 312 g/mol. The number of carboxylic acid groups (broad SMARTS) is 1. The van der Waals surface area contributed by atoms with Gasteiger partial charge in [0.05, 0.1) is 12.5 Å². The summed E-state index contributed by atoms with van der Waals surface area (Å²) in [5.74, 6) is -3.63. The van der Waals surface area contributed by atoms with Gasteiger partial charge in [-0.2, -0.15) is 13.2 Å². The van der Waals surface area contributed by atoms with Crippen molar-refractivity contribution >= 4 is 17.8 Å². The van der Waals surface area contributed by atoms with E-state index in [1.807, 2.05) is 0 Å². The van der Waals surface area contributed by atoms with Crippen molar-refractivity contribution in [2.45, 2.75) is 18.7 Å². The second-order valence-corrected chi connectivity index (χ2v) is 4.60. The number of likely N-dealkylation sites (tertiary alicyclic amines) is 1. The number of ether oxygens (including phenoxy) is 1. The van der Waals surface area contributed by atoms with Gasteiger partial charge >= 0.3 is 12.1 Å². The topological polar surface area (TPSA) is 95.9 Å². The number of methoxy groups -OCH3 is 1. The van der Waals surface area contributed by atoms with Crippen LogP contribution in [0.4, 0.5) is 13.2 Å². The predicted octanol–water partition coefficient (Wildman–Crippen LogP) is -0.387. The lowest BCUT2D eigenvalue weighted by molar-refractivity contribution is -0.157. The van der Waals surface area contributed by atoms with Gasteiger partial charge in [0.2, 0.25) is 11.8 Å². The molecule has 1 saturated heterocycles. The molecule has 0 spiro atoms. The Bertz CT molecular complexity index is 427. The molecular formula is C11H15F3N2O5. The molecule has 1 aliphatic heterocycles. The molecule has 0 aromatic heterocycles. The van der Waals surface area contributed by atoms with Crippen molar-refractivity contribution in [3.8, 4) is 0 Å². The molecule has 0 radical (unpaired) electrons. The predicted molar refractivity (Wildman–Crippen MR) is 62.2 cm³/mol. The maximum atomic E-state index is 12.2. The SMILES string of the molecule is COC(CNC(=O)C1CC(=O)N(CC(F)(F)F)C1)C(=O)O. The Hall–Kier alpha value is -1.84. The summed E-state index contributed by atoms with van der Waals surface area (Å²) < 4.78 is 41.3. The Morgan fingerprint density at radius 2 is 2.14 bits per heavy atom. The molecule has 0 aliphatic carbocycles. The minimum atomic E-state index is -4.52. The maximum absolute atomic E-state index is 12.2. The highest BCUT2D eigenvalue weighted by Gasteiger charge is 2.40. The van der Waals surface area contributed by atoms with Crippen molar-refractivity contribution in [2.24, 2.45) is 5.92 Å². The van der Waals surface area contributed by atoms with Crippen LogP contribution in [-0.4, -0.2) is 66.8 Å².